The molecule has 0 aliphatic carbocycles. The summed E-state index contributed by atoms with van der Waals surface area (Å²) in [6, 6.07) is 15.7. The molecule has 0 aromatic heterocycles. The molecule has 1 saturated heterocycles. The van der Waals surface area contributed by atoms with E-state index in [1.54, 1.807) is 23.9 Å². The van der Waals surface area contributed by atoms with Gasteiger partial charge in [-0.2, -0.15) is 0 Å². The minimum atomic E-state index is -0.0935. The SMILES string of the molecule is CSN(C)c1ccccc1C(=O)Nc1ccc(SN2CCNCC2)cc1. The molecule has 3 rings (SSSR count). The number of carbonyl (C=O) groups is 1. The molecule has 0 bridgehead atoms. The van der Waals surface area contributed by atoms with Gasteiger partial charge < -0.3 is 14.9 Å². The molecule has 1 aliphatic heterocycles. The zero-order valence-corrected chi connectivity index (χ0v) is 16.7. The lowest BCUT2D eigenvalue weighted by Crippen LogP contribution is -2.39. The predicted molar refractivity (Wildman–Crippen MR) is 113 cm³/mol. The van der Waals surface area contributed by atoms with Crippen LogP contribution in [-0.4, -0.2) is 49.7 Å². The van der Waals surface area contributed by atoms with Gasteiger partial charge in [-0.1, -0.05) is 24.1 Å². The van der Waals surface area contributed by atoms with Crippen molar-refractivity contribution in [2.75, 3.05) is 49.1 Å². The molecule has 0 atom stereocenters. The summed E-state index contributed by atoms with van der Waals surface area (Å²) in [6.07, 6.45) is 1.99. The first-order valence-corrected chi connectivity index (χ1v) is 10.5. The second kappa shape index (κ2) is 9.32. The third-order valence-electron chi connectivity index (χ3n) is 4.18. The highest BCUT2D eigenvalue weighted by Gasteiger charge is 2.14. The van der Waals surface area contributed by atoms with Crippen LogP contribution in [0.15, 0.2) is 53.4 Å². The van der Waals surface area contributed by atoms with Crippen LogP contribution in [0.2, 0.25) is 0 Å². The predicted octanol–water partition coefficient (Wildman–Crippen LogP) is 3.57. The highest BCUT2D eigenvalue weighted by atomic mass is 32.2. The second-order valence-corrected chi connectivity index (χ2v) is 8.03. The van der Waals surface area contributed by atoms with Crippen molar-refractivity contribution in [2.45, 2.75) is 4.90 Å². The molecule has 1 heterocycles. The van der Waals surface area contributed by atoms with Gasteiger partial charge in [0.1, 0.15) is 0 Å². The Morgan fingerprint density at radius 2 is 1.81 bits per heavy atom. The highest BCUT2D eigenvalue weighted by Crippen LogP contribution is 2.26. The van der Waals surface area contributed by atoms with Crippen molar-refractivity contribution in [3.63, 3.8) is 0 Å². The summed E-state index contributed by atoms with van der Waals surface area (Å²) < 4.78 is 4.35. The van der Waals surface area contributed by atoms with Crippen LogP contribution in [0.25, 0.3) is 0 Å². The molecule has 0 spiro atoms. The van der Waals surface area contributed by atoms with Crippen LogP contribution in [0.4, 0.5) is 11.4 Å². The molecule has 1 amide bonds. The van der Waals surface area contributed by atoms with Gasteiger partial charge in [0.15, 0.2) is 0 Å². The molecule has 0 unspecified atom stereocenters. The lowest BCUT2D eigenvalue weighted by atomic mass is 10.1. The molecular weight excluding hydrogens is 364 g/mol. The average Bonchev–Trinajstić information content (AvgIpc) is 2.69. The Bertz CT molecular complexity index is 733. The Hall–Kier alpha value is -1.67. The van der Waals surface area contributed by atoms with E-state index in [0.717, 1.165) is 37.6 Å². The van der Waals surface area contributed by atoms with E-state index in [1.165, 1.54) is 4.90 Å². The molecule has 7 heteroatoms. The molecular formula is C19H24N4OS2. The summed E-state index contributed by atoms with van der Waals surface area (Å²) in [5, 5.41) is 6.36. The second-order valence-electron chi connectivity index (χ2n) is 5.95. The standard InChI is InChI=1S/C19H24N4OS2/c1-22(25-2)18-6-4-3-5-17(18)19(24)21-15-7-9-16(10-8-15)26-23-13-11-20-12-14-23/h3-10,20H,11-14H2,1-2H3,(H,21,24). The van der Waals surface area contributed by atoms with Crippen LogP contribution in [0.1, 0.15) is 10.4 Å². The third kappa shape index (κ3) is 4.94. The van der Waals surface area contributed by atoms with E-state index in [1.807, 2.05) is 54.0 Å². The van der Waals surface area contributed by atoms with E-state index in [2.05, 4.69) is 27.1 Å². The van der Waals surface area contributed by atoms with Crippen LogP contribution in [0, 0.1) is 0 Å². The number of rotatable bonds is 6. The maximum atomic E-state index is 12.7. The summed E-state index contributed by atoms with van der Waals surface area (Å²) in [5.74, 6) is -0.0935. The molecule has 2 aromatic carbocycles. The van der Waals surface area contributed by atoms with Crippen molar-refractivity contribution in [1.29, 1.82) is 0 Å². The fourth-order valence-corrected chi connectivity index (χ4v) is 4.00. The van der Waals surface area contributed by atoms with E-state index < -0.39 is 0 Å². The number of para-hydroxylation sites is 1. The topological polar surface area (TPSA) is 47.6 Å². The minimum Gasteiger partial charge on any atom is -0.322 e. The molecule has 0 saturated carbocycles. The Morgan fingerprint density at radius 3 is 2.50 bits per heavy atom. The summed E-state index contributed by atoms with van der Waals surface area (Å²) >= 11 is 3.34. The van der Waals surface area contributed by atoms with Crippen molar-refractivity contribution in [1.82, 2.24) is 9.62 Å². The quantitative estimate of drug-likeness (QED) is 0.738. The first-order chi connectivity index (χ1) is 12.7. The van der Waals surface area contributed by atoms with Crippen LogP contribution in [0.3, 0.4) is 0 Å². The monoisotopic (exact) mass is 388 g/mol. The largest absolute Gasteiger partial charge is 0.322 e. The molecule has 5 nitrogen and oxygen atoms in total. The van der Waals surface area contributed by atoms with E-state index in [9.17, 15) is 4.79 Å². The summed E-state index contributed by atoms with van der Waals surface area (Å²) in [4.78, 5) is 13.9. The van der Waals surface area contributed by atoms with Crippen LogP contribution >= 0.6 is 23.9 Å². The number of hydrogen-bond acceptors (Lipinski definition) is 6. The zero-order chi connectivity index (χ0) is 18.4. The molecule has 1 aliphatic rings. The highest BCUT2D eigenvalue weighted by molar-refractivity contribution is 7.99. The van der Waals surface area contributed by atoms with Gasteiger partial charge in [-0.15, -0.1) is 0 Å². The average molecular weight is 389 g/mol. The first-order valence-electron chi connectivity index (χ1n) is 8.59. The molecule has 2 N–H and O–H groups in total. The fraction of sp³-hybridized carbons (Fsp3) is 0.316. The molecule has 1 fully saturated rings. The number of benzene rings is 2. The van der Waals surface area contributed by atoms with Gasteiger partial charge in [-0.3, -0.25) is 4.79 Å². The number of carbonyl (C=O) groups excluding carboxylic acids is 1. The lowest BCUT2D eigenvalue weighted by Gasteiger charge is -2.25. The Kier molecular flexibility index (Phi) is 6.85. The molecule has 138 valence electrons. The van der Waals surface area contributed by atoms with Crippen molar-refractivity contribution in [3.05, 3.63) is 54.1 Å². The third-order valence-corrected chi connectivity index (χ3v) is 6.04. The van der Waals surface area contributed by atoms with Gasteiger partial charge in [-0.25, -0.2) is 4.31 Å². The number of amides is 1. The number of anilines is 2. The van der Waals surface area contributed by atoms with Crippen molar-refractivity contribution < 1.29 is 4.79 Å². The maximum Gasteiger partial charge on any atom is 0.257 e. The number of hydrogen-bond donors (Lipinski definition) is 2. The Balaban J connectivity index is 1.64. The molecule has 26 heavy (non-hydrogen) atoms. The Labute approximate surface area is 163 Å². The van der Waals surface area contributed by atoms with Crippen LogP contribution in [0.5, 0.6) is 0 Å². The van der Waals surface area contributed by atoms with Crippen LogP contribution in [-0.2, 0) is 0 Å². The molecule has 0 radical (unpaired) electrons. The smallest absolute Gasteiger partial charge is 0.257 e. The van der Waals surface area contributed by atoms with Crippen molar-refractivity contribution in [2.24, 2.45) is 0 Å². The number of nitrogens with one attached hydrogen (secondary N) is 2. The normalized spacial score (nSPS) is 14.8. The van der Waals surface area contributed by atoms with Gasteiger partial charge in [0.05, 0.1) is 11.3 Å². The van der Waals surface area contributed by atoms with E-state index in [0.29, 0.717) is 5.56 Å². The number of piperazine rings is 1. The van der Waals surface area contributed by atoms with Crippen LogP contribution < -0.4 is 14.9 Å². The lowest BCUT2D eigenvalue weighted by molar-refractivity contribution is 0.102. The van der Waals surface area contributed by atoms with Gasteiger partial charge in [0, 0.05) is 50.1 Å². The minimum absolute atomic E-state index is 0.0935. The van der Waals surface area contributed by atoms with Crippen molar-refractivity contribution >= 4 is 41.2 Å². The zero-order valence-electron chi connectivity index (χ0n) is 15.1. The van der Waals surface area contributed by atoms with E-state index in [-0.39, 0.29) is 5.91 Å². The molecule has 2 aromatic rings. The fourth-order valence-electron chi connectivity index (χ4n) is 2.72. The van der Waals surface area contributed by atoms with E-state index >= 15 is 0 Å². The van der Waals surface area contributed by atoms with Gasteiger partial charge >= 0.3 is 0 Å². The summed E-state index contributed by atoms with van der Waals surface area (Å²) in [5.41, 5.74) is 2.38. The first kappa shape index (κ1) is 19.1. The van der Waals surface area contributed by atoms with Gasteiger partial charge in [0.2, 0.25) is 0 Å². The number of nitrogens with zero attached hydrogens (tertiary/aromatic N) is 2. The van der Waals surface area contributed by atoms with Crippen molar-refractivity contribution in [3.8, 4) is 0 Å². The van der Waals surface area contributed by atoms with Gasteiger partial charge in [-0.05, 0) is 48.3 Å². The van der Waals surface area contributed by atoms with Gasteiger partial charge in [0.25, 0.3) is 5.91 Å². The summed E-state index contributed by atoms with van der Waals surface area (Å²) in [7, 11) is 1.96. The maximum absolute atomic E-state index is 12.7. The summed E-state index contributed by atoms with van der Waals surface area (Å²) in [6.45, 7) is 4.15. The Morgan fingerprint density at radius 1 is 1.12 bits per heavy atom. The van der Waals surface area contributed by atoms with E-state index in [4.69, 9.17) is 0 Å².